The van der Waals surface area contributed by atoms with Crippen molar-refractivity contribution in [1.29, 1.82) is 0 Å². The van der Waals surface area contributed by atoms with Crippen LogP contribution in [0.25, 0.3) is 11.0 Å². The minimum atomic E-state index is -3.51. The van der Waals surface area contributed by atoms with Crippen molar-refractivity contribution < 1.29 is 13.2 Å². The monoisotopic (exact) mass is 474 g/mol. The first-order valence-corrected chi connectivity index (χ1v) is 13.5. The number of Topliss-reactive ketones (excluding diaryl/α,β-unsaturated/α-hetero) is 1. The van der Waals surface area contributed by atoms with Crippen LogP contribution < -0.4 is 0 Å². The summed E-state index contributed by atoms with van der Waals surface area (Å²) in [5, 5.41) is 0.730. The molecule has 0 N–H and O–H groups in total. The third kappa shape index (κ3) is 4.13. The van der Waals surface area contributed by atoms with E-state index in [0.717, 1.165) is 46.9 Å². The van der Waals surface area contributed by atoms with Crippen LogP contribution in [-0.2, 0) is 23.6 Å². The van der Waals surface area contributed by atoms with E-state index < -0.39 is 10.0 Å². The molecule has 1 aliphatic rings. The number of fused-ring (bicyclic) bond motifs is 1. The second-order valence-electron chi connectivity index (χ2n) is 8.31. The maximum absolute atomic E-state index is 13.1. The maximum atomic E-state index is 13.1. The van der Waals surface area contributed by atoms with Crippen molar-refractivity contribution in [3.63, 3.8) is 0 Å². The van der Waals surface area contributed by atoms with E-state index in [1.165, 1.54) is 11.8 Å². The molecule has 0 bridgehead atoms. The highest BCUT2D eigenvalue weighted by molar-refractivity contribution is 7.99. The molecule has 1 aliphatic heterocycles. The van der Waals surface area contributed by atoms with Crippen molar-refractivity contribution >= 4 is 38.6 Å². The van der Waals surface area contributed by atoms with Crippen LogP contribution in [0.1, 0.15) is 47.9 Å². The first-order chi connectivity index (χ1) is 15.2. The molecule has 3 heterocycles. The van der Waals surface area contributed by atoms with E-state index >= 15 is 0 Å². The fraction of sp³-hybridized carbons (Fsp3) is 0.478. The predicted octanol–water partition coefficient (Wildman–Crippen LogP) is 4.16. The standard InChI is InChI=1S/C23H30N4O3S2/c1-5-27-21-10-9-18(32(29,30)26-11-7-6-8-12-26)14-20(21)24-23(27)31-15-22(28)19-13-16(2)25(4)17(19)3/h9-10,13-14H,5-8,11-12,15H2,1-4H3. The van der Waals surface area contributed by atoms with E-state index in [1.807, 2.05) is 49.1 Å². The molecule has 1 saturated heterocycles. The molecule has 172 valence electrons. The van der Waals surface area contributed by atoms with Gasteiger partial charge in [-0.1, -0.05) is 18.2 Å². The Balaban J connectivity index is 1.60. The number of hydrogen-bond acceptors (Lipinski definition) is 5. The van der Waals surface area contributed by atoms with Crippen LogP contribution in [0.3, 0.4) is 0 Å². The first-order valence-electron chi connectivity index (χ1n) is 11.0. The highest BCUT2D eigenvalue weighted by Gasteiger charge is 2.27. The number of carbonyl (C=O) groups excluding carboxylic acids is 1. The van der Waals surface area contributed by atoms with Gasteiger partial charge in [0.05, 0.1) is 21.7 Å². The number of nitrogens with zero attached hydrogens (tertiary/aromatic N) is 4. The molecule has 2 aromatic heterocycles. The molecule has 1 fully saturated rings. The van der Waals surface area contributed by atoms with Gasteiger partial charge in [0.25, 0.3) is 0 Å². The van der Waals surface area contributed by atoms with Crippen molar-refractivity contribution in [2.24, 2.45) is 7.05 Å². The summed E-state index contributed by atoms with van der Waals surface area (Å²) in [7, 11) is -1.55. The van der Waals surface area contributed by atoms with E-state index in [2.05, 4.69) is 0 Å². The Morgan fingerprint density at radius 1 is 1.12 bits per heavy atom. The largest absolute Gasteiger partial charge is 0.351 e. The fourth-order valence-corrected chi connectivity index (χ4v) is 6.76. The van der Waals surface area contributed by atoms with Gasteiger partial charge < -0.3 is 9.13 Å². The number of rotatable bonds is 7. The molecule has 0 radical (unpaired) electrons. The third-order valence-corrected chi connectivity index (χ3v) is 9.23. The second-order valence-corrected chi connectivity index (χ2v) is 11.2. The predicted molar refractivity (Wildman–Crippen MR) is 128 cm³/mol. The number of piperidine rings is 1. The van der Waals surface area contributed by atoms with Crippen molar-refractivity contribution in [3.8, 4) is 0 Å². The normalized spacial score (nSPS) is 15.5. The number of imidazole rings is 1. The second kappa shape index (κ2) is 9.03. The lowest BCUT2D eigenvalue weighted by atomic mass is 10.2. The van der Waals surface area contributed by atoms with Crippen molar-refractivity contribution in [3.05, 3.63) is 41.2 Å². The van der Waals surface area contributed by atoms with E-state index in [4.69, 9.17) is 4.98 Å². The molecule has 0 amide bonds. The molecule has 0 saturated carbocycles. The number of benzene rings is 1. The minimum Gasteiger partial charge on any atom is -0.351 e. The molecule has 0 aliphatic carbocycles. The molecule has 7 nitrogen and oxygen atoms in total. The van der Waals surface area contributed by atoms with Crippen LogP contribution in [0.4, 0.5) is 0 Å². The molecule has 0 unspecified atom stereocenters. The molecule has 32 heavy (non-hydrogen) atoms. The Kier molecular flexibility index (Phi) is 6.51. The Bertz CT molecular complexity index is 1270. The van der Waals surface area contributed by atoms with Gasteiger partial charge in [-0.25, -0.2) is 13.4 Å². The van der Waals surface area contributed by atoms with Crippen LogP contribution in [-0.4, -0.2) is 51.5 Å². The third-order valence-electron chi connectivity index (χ3n) is 6.36. The van der Waals surface area contributed by atoms with Crippen molar-refractivity contribution in [2.45, 2.75) is 56.6 Å². The van der Waals surface area contributed by atoms with Gasteiger partial charge >= 0.3 is 0 Å². The lowest BCUT2D eigenvalue weighted by molar-refractivity contribution is 0.102. The number of carbonyl (C=O) groups is 1. The minimum absolute atomic E-state index is 0.0688. The van der Waals surface area contributed by atoms with E-state index in [1.54, 1.807) is 16.4 Å². The number of sulfonamides is 1. The quantitative estimate of drug-likeness (QED) is 0.380. The lowest BCUT2D eigenvalue weighted by Gasteiger charge is -2.25. The number of ketones is 1. The summed E-state index contributed by atoms with van der Waals surface area (Å²) < 4.78 is 31.8. The summed E-state index contributed by atoms with van der Waals surface area (Å²) in [4.78, 5) is 17.8. The van der Waals surface area contributed by atoms with E-state index in [0.29, 0.717) is 25.2 Å². The molecule has 4 rings (SSSR count). The zero-order valence-electron chi connectivity index (χ0n) is 19.1. The summed E-state index contributed by atoms with van der Waals surface area (Å²) in [6.45, 7) is 7.81. The number of thioether (sulfide) groups is 1. The van der Waals surface area contributed by atoms with Crippen LogP contribution in [0, 0.1) is 13.8 Å². The van der Waals surface area contributed by atoms with Crippen LogP contribution in [0.5, 0.6) is 0 Å². The van der Waals surface area contributed by atoms with Gasteiger partial charge in [0.15, 0.2) is 10.9 Å². The van der Waals surface area contributed by atoms with Gasteiger partial charge in [-0.3, -0.25) is 4.79 Å². The molecular weight excluding hydrogens is 444 g/mol. The Hall–Kier alpha value is -2.10. The molecular formula is C23H30N4O3S2. The zero-order valence-corrected chi connectivity index (χ0v) is 20.7. The van der Waals surface area contributed by atoms with E-state index in [9.17, 15) is 13.2 Å². The zero-order chi connectivity index (χ0) is 23.0. The summed E-state index contributed by atoms with van der Waals surface area (Å²) in [5.74, 6) is 0.353. The smallest absolute Gasteiger partial charge is 0.243 e. The maximum Gasteiger partial charge on any atom is 0.243 e. The highest BCUT2D eigenvalue weighted by Crippen LogP contribution is 2.29. The fourth-order valence-electron chi connectivity index (χ4n) is 4.26. The molecule has 9 heteroatoms. The van der Waals surface area contributed by atoms with Gasteiger partial charge in [-0.05, 0) is 57.9 Å². The van der Waals surface area contributed by atoms with Crippen LogP contribution in [0.15, 0.2) is 34.3 Å². The van der Waals surface area contributed by atoms with Gasteiger partial charge in [-0.2, -0.15) is 4.31 Å². The average molecular weight is 475 g/mol. The van der Waals surface area contributed by atoms with Crippen molar-refractivity contribution in [2.75, 3.05) is 18.8 Å². The summed E-state index contributed by atoms with van der Waals surface area (Å²) >= 11 is 1.40. The summed E-state index contributed by atoms with van der Waals surface area (Å²) in [6, 6.07) is 7.11. The van der Waals surface area contributed by atoms with Gasteiger partial charge in [0, 0.05) is 43.6 Å². The Labute approximate surface area is 193 Å². The molecule has 1 aromatic carbocycles. The van der Waals surface area contributed by atoms with Gasteiger partial charge in [-0.15, -0.1) is 0 Å². The summed E-state index contributed by atoms with van der Waals surface area (Å²) in [5.41, 5.74) is 4.29. The summed E-state index contributed by atoms with van der Waals surface area (Å²) in [6.07, 6.45) is 2.88. The van der Waals surface area contributed by atoms with E-state index in [-0.39, 0.29) is 16.4 Å². The molecule has 0 atom stereocenters. The van der Waals surface area contributed by atoms with Gasteiger partial charge in [0.1, 0.15) is 0 Å². The topological polar surface area (TPSA) is 77.2 Å². The average Bonchev–Trinajstić information content (AvgIpc) is 3.29. The van der Waals surface area contributed by atoms with Crippen LogP contribution >= 0.6 is 11.8 Å². The van der Waals surface area contributed by atoms with Crippen LogP contribution in [0.2, 0.25) is 0 Å². The molecule has 0 spiro atoms. The Morgan fingerprint density at radius 2 is 1.84 bits per heavy atom. The SMILES string of the molecule is CCn1c(SCC(=O)c2cc(C)n(C)c2C)nc2cc(S(=O)(=O)N3CCCCC3)ccc21. The number of hydrogen-bond donors (Lipinski definition) is 0. The molecule has 3 aromatic rings. The Morgan fingerprint density at radius 3 is 2.47 bits per heavy atom. The number of aryl methyl sites for hydroxylation is 2. The van der Waals surface area contributed by atoms with Gasteiger partial charge in [0.2, 0.25) is 10.0 Å². The first kappa shape index (κ1) is 23.1. The number of aromatic nitrogens is 3. The highest BCUT2D eigenvalue weighted by atomic mass is 32.2. The van der Waals surface area contributed by atoms with Crippen molar-refractivity contribution in [1.82, 2.24) is 18.4 Å². The lowest BCUT2D eigenvalue weighted by Crippen LogP contribution is -2.35.